The van der Waals surface area contributed by atoms with Crippen LogP contribution in [0.3, 0.4) is 0 Å². The van der Waals surface area contributed by atoms with Crippen molar-refractivity contribution in [3.63, 3.8) is 0 Å². The zero-order valence-electron chi connectivity index (χ0n) is 6.87. The minimum absolute atomic E-state index is 0.0799. The van der Waals surface area contributed by atoms with Gasteiger partial charge in [-0.3, -0.25) is 0 Å². The van der Waals surface area contributed by atoms with Gasteiger partial charge in [0.05, 0.1) is 6.61 Å². The number of hydrogen-bond donors (Lipinski definition) is 0. The van der Waals surface area contributed by atoms with Crippen molar-refractivity contribution in [2.24, 2.45) is 5.41 Å². The second kappa shape index (κ2) is 2.82. The van der Waals surface area contributed by atoms with Gasteiger partial charge >= 0.3 is 6.11 Å². The van der Waals surface area contributed by atoms with Gasteiger partial charge in [0.1, 0.15) is 0 Å². The Morgan fingerprint density at radius 2 is 1.50 bits per heavy atom. The molecule has 3 heteroatoms. The Morgan fingerprint density at radius 3 is 1.60 bits per heavy atom. The topological polar surface area (TPSA) is 9.23 Å². The molecule has 0 aromatic heterocycles. The van der Waals surface area contributed by atoms with Crippen LogP contribution in [-0.2, 0) is 4.74 Å². The van der Waals surface area contributed by atoms with Crippen LogP contribution in [0.5, 0.6) is 0 Å². The van der Waals surface area contributed by atoms with Gasteiger partial charge in [-0.1, -0.05) is 20.8 Å². The molecule has 0 N–H and O–H groups in total. The Labute approximate surface area is 60.4 Å². The lowest BCUT2D eigenvalue weighted by molar-refractivity contribution is -0.235. The average Bonchev–Trinajstić information content (AvgIpc) is 1.57. The third kappa shape index (κ3) is 7.82. The molecule has 0 aromatic rings. The Morgan fingerprint density at radius 1 is 1.10 bits per heavy atom. The number of halogens is 2. The van der Waals surface area contributed by atoms with Gasteiger partial charge in [-0.15, -0.1) is 0 Å². The van der Waals surface area contributed by atoms with Crippen molar-refractivity contribution in [3.8, 4) is 0 Å². The lowest BCUT2D eigenvalue weighted by atomic mass is 9.99. The zero-order valence-corrected chi connectivity index (χ0v) is 6.87. The fourth-order valence-electron chi connectivity index (χ4n) is 0.343. The molecule has 0 radical (unpaired) electrons. The molecule has 0 aromatic carbocycles. The zero-order chi connectivity index (χ0) is 8.41. The van der Waals surface area contributed by atoms with E-state index in [0.29, 0.717) is 0 Å². The fraction of sp³-hybridized carbons (Fsp3) is 1.00. The van der Waals surface area contributed by atoms with Gasteiger partial charge in [0.2, 0.25) is 0 Å². The molecule has 0 heterocycles. The smallest absolute Gasteiger partial charge is 0.320 e. The summed E-state index contributed by atoms with van der Waals surface area (Å²) in [6.45, 7) is 6.37. The standard InChI is InChI=1S/C7H14F2O/c1-6(2,3)5-10-7(4,8)9/h5H2,1-4H3. The van der Waals surface area contributed by atoms with Crippen molar-refractivity contribution >= 4 is 0 Å². The Bertz CT molecular complexity index is 85.2. The van der Waals surface area contributed by atoms with E-state index in [-0.39, 0.29) is 12.0 Å². The molecule has 0 rings (SSSR count). The second-order valence-electron chi connectivity index (χ2n) is 3.66. The van der Waals surface area contributed by atoms with Crippen molar-refractivity contribution in [2.75, 3.05) is 6.61 Å². The molecule has 0 fully saturated rings. The van der Waals surface area contributed by atoms with Gasteiger partial charge in [-0.25, -0.2) is 0 Å². The fourth-order valence-corrected chi connectivity index (χ4v) is 0.343. The van der Waals surface area contributed by atoms with E-state index in [4.69, 9.17) is 0 Å². The highest BCUT2D eigenvalue weighted by molar-refractivity contribution is 4.59. The number of hydrogen-bond acceptors (Lipinski definition) is 1. The Hall–Kier alpha value is -0.180. The predicted octanol–water partition coefficient (Wildman–Crippen LogP) is 2.66. The molecule has 0 amide bonds. The summed E-state index contributed by atoms with van der Waals surface area (Å²) in [5.41, 5.74) is -0.195. The minimum atomic E-state index is -2.99. The predicted molar refractivity (Wildman–Crippen MR) is 36.0 cm³/mol. The molecule has 10 heavy (non-hydrogen) atoms. The summed E-state index contributed by atoms with van der Waals surface area (Å²) in [7, 11) is 0. The number of rotatable bonds is 2. The van der Waals surface area contributed by atoms with Crippen molar-refractivity contribution < 1.29 is 13.5 Å². The third-order valence-electron chi connectivity index (χ3n) is 0.759. The lowest BCUT2D eigenvalue weighted by Crippen LogP contribution is -2.23. The molecule has 0 saturated heterocycles. The largest absolute Gasteiger partial charge is 0.352 e. The summed E-state index contributed by atoms with van der Waals surface area (Å²) in [4.78, 5) is 0. The van der Waals surface area contributed by atoms with Crippen molar-refractivity contribution in [2.45, 2.75) is 33.8 Å². The van der Waals surface area contributed by atoms with Gasteiger partial charge in [0.15, 0.2) is 0 Å². The molecule has 0 saturated carbocycles. The molecule has 62 valence electrons. The molecular formula is C7H14F2O. The maximum absolute atomic E-state index is 12.0. The van der Waals surface area contributed by atoms with Gasteiger partial charge in [0, 0.05) is 6.92 Å². The lowest BCUT2D eigenvalue weighted by Gasteiger charge is -2.20. The maximum Gasteiger partial charge on any atom is 0.352 e. The maximum atomic E-state index is 12.0. The molecule has 0 spiro atoms. The average molecular weight is 152 g/mol. The summed E-state index contributed by atoms with van der Waals surface area (Å²) in [6.07, 6.45) is -2.99. The van der Waals surface area contributed by atoms with Gasteiger partial charge in [-0.05, 0) is 5.41 Å². The first-order chi connectivity index (χ1) is 4.21. The van der Waals surface area contributed by atoms with Gasteiger partial charge in [-0.2, -0.15) is 8.78 Å². The third-order valence-corrected chi connectivity index (χ3v) is 0.759. The summed E-state index contributed by atoms with van der Waals surface area (Å²) in [5.74, 6) is 0. The quantitative estimate of drug-likeness (QED) is 0.591. The molecule has 0 unspecified atom stereocenters. The van der Waals surface area contributed by atoms with Crippen LogP contribution in [-0.4, -0.2) is 12.7 Å². The van der Waals surface area contributed by atoms with Crippen LogP contribution >= 0.6 is 0 Å². The van der Waals surface area contributed by atoms with E-state index in [1.54, 1.807) is 0 Å². The van der Waals surface area contributed by atoms with E-state index in [0.717, 1.165) is 6.92 Å². The van der Waals surface area contributed by atoms with E-state index in [2.05, 4.69) is 4.74 Å². The van der Waals surface area contributed by atoms with Gasteiger partial charge in [0.25, 0.3) is 0 Å². The molecule has 0 aliphatic rings. The van der Waals surface area contributed by atoms with E-state index in [1.807, 2.05) is 20.8 Å². The van der Waals surface area contributed by atoms with Crippen LogP contribution < -0.4 is 0 Å². The van der Waals surface area contributed by atoms with E-state index in [1.165, 1.54) is 0 Å². The van der Waals surface area contributed by atoms with Crippen LogP contribution in [0.15, 0.2) is 0 Å². The second-order valence-corrected chi connectivity index (χ2v) is 3.66. The van der Waals surface area contributed by atoms with Crippen LogP contribution in [0.4, 0.5) is 8.78 Å². The summed E-state index contributed by atoms with van der Waals surface area (Å²) in [6, 6.07) is 0. The van der Waals surface area contributed by atoms with E-state index in [9.17, 15) is 8.78 Å². The molecule has 0 bridgehead atoms. The van der Waals surface area contributed by atoms with Gasteiger partial charge < -0.3 is 4.74 Å². The highest BCUT2D eigenvalue weighted by atomic mass is 19.3. The molecule has 1 nitrogen and oxygen atoms in total. The molecular weight excluding hydrogens is 138 g/mol. The molecule has 0 aliphatic heterocycles. The van der Waals surface area contributed by atoms with Crippen LogP contribution in [0.2, 0.25) is 0 Å². The Balaban J connectivity index is 3.56. The van der Waals surface area contributed by atoms with E-state index < -0.39 is 6.11 Å². The minimum Gasteiger partial charge on any atom is -0.320 e. The first kappa shape index (κ1) is 9.82. The first-order valence-electron chi connectivity index (χ1n) is 3.22. The first-order valence-corrected chi connectivity index (χ1v) is 3.22. The SMILES string of the molecule is CC(C)(C)COC(C)(F)F. The summed E-state index contributed by atoms with van der Waals surface area (Å²) >= 11 is 0. The monoisotopic (exact) mass is 152 g/mol. The summed E-state index contributed by atoms with van der Waals surface area (Å²) < 4.78 is 28.3. The molecule has 0 atom stereocenters. The van der Waals surface area contributed by atoms with Crippen molar-refractivity contribution in [1.82, 2.24) is 0 Å². The normalized spacial score (nSPS) is 13.8. The van der Waals surface area contributed by atoms with E-state index >= 15 is 0 Å². The Kier molecular flexibility index (Phi) is 2.77. The van der Waals surface area contributed by atoms with Crippen LogP contribution in [0, 0.1) is 5.41 Å². The van der Waals surface area contributed by atoms with Crippen LogP contribution in [0.25, 0.3) is 0 Å². The highest BCUT2D eigenvalue weighted by Crippen LogP contribution is 2.20. The number of ether oxygens (including phenoxy) is 1. The molecule has 0 aliphatic carbocycles. The number of alkyl halides is 2. The van der Waals surface area contributed by atoms with Crippen molar-refractivity contribution in [3.05, 3.63) is 0 Å². The summed E-state index contributed by atoms with van der Waals surface area (Å²) in [5, 5.41) is 0. The highest BCUT2D eigenvalue weighted by Gasteiger charge is 2.24. The van der Waals surface area contributed by atoms with Crippen LogP contribution in [0.1, 0.15) is 27.7 Å². The van der Waals surface area contributed by atoms with Crippen molar-refractivity contribution in [1.29, 1.82) is 0 Å².